The van der Waals surface area contributed by atoms with Gasteiger partial charge in [0.25, 0.3) is 0 Å². The van der Waals surface area contributed by atoms with Gasteiger partial charge < -0.3 is 5.11 Å². The Morgan fingerprint density at radius 1 is 1.50 bits per heavy atom. The van der Waals surface area contributed by atoms with Gasteiger partial charge in [-0.05, 0) is 26.9 Å². The number of likely N-dealkylation sites (N-methyl/N-ethyl adjacent to an activating group) is 1. The van der Waals surface area contributed by atoms with E-state index < -0.39 is 21.8 Å². The molecule has 1 unspecified atom stereocenters. The molecule has 1 N–H and O–H groups in total. The minimum absolute atomic E-state index is 0.101. The molecule has 0 aromatic rings. The van der Waals surface area contributed by atoms with Crippen molar-refractivity contribution in [1.82, 2.24) is 4.90 Å². The normalized spacial score (nSPS) is 14.3. The minimum Gasteiger partial charge on any atom is -0.480 e. The van der Waals surface area contributed by atoms with E-state index in [2.05, 4.69) is 0 Å². The van der Waals surface area contributed by atoms with Crippen LogP contribution in [-0.2, 0) is 14.6 Å². The summed E-state index contributed by atoms with van der Waals surface area (Å²) in [6.45, 7) is 2.04. The standard InChI is InChI=1S/C8H17NO4S/c1-7(8(10)11)9(2)5-4-6-14(3,12)13/h7H,4-6H2,1-3H3,(H,10,11). The molecule has 14 heavy (non-hydrogen) atoms. The lowest BCUT2D eigenvalue weighted by Crippen LogP contribution is -2.36. The van der Waals surface area contributed by atoms with Gasteiger partial charge in [0.15, 0.2) is 0 Å². The average Bonchev–Trinajstić information content (AvgIpc) is 2.00. The van der Waals surface area contributed by atoms with Crippen LogP contribution in [0.3, 0.4) is 0 Å². The lowest BCUT2D eigenvalue weighted by atomic mass is 10.3. The second kappa shape index (κ2) is 5.31. The highest BCUT2D eigenvalue weighted by Crippen LogP contribution is 1.98. The predicted octanol–water partition coefficient (Wildman–Crippen LogP) is -0.174. The predicted molar refractivity (Wildman–Crippen MR) is 54.1 cm³/mol. The molecule has 1 atom stereocenters. The smallest absolute Gasteiger partial charge is 0.320 e. The van der Waals surface area contributed by atoms with Crippen molar-refractivity contribution in [2.45, 2.75) is 19.4 Å². The molecule has 0 aromatic heterocycles. The number of carboxylic acids is 1. The van der Waals surface area contributed by atoms with Crippen LogP contribution in [0.2, 0.25) is 0 Å². The van der Waals surface area contributed by atoms with E-state index in [1.54, 1.807) is 18.9 Å². The minimum atomic E-state index is -2.94. The summed E-state index contributed by atoms with van der Waals surface area (Å²) >= 11 is 0. The van der Waals surface area contributed by atoms with Crippen molar-refractivity contribution in [2.24, 2.45) is 0 Å². The average molecular weight is 223 g/mol. The first-order chi connectivity index (χ1) is 6.24. The van der Waals surface area contributed by atoms with Crippen LogP contribution in [0.15, 0.2) is 0 Å². The van der Waals surface area contributed by atoms with E-state index in [0.29, 0.717) is 13.0 Å². The highest BCUT2D eigenvalue weighted by atomic mass is 32.2. The Hall–Kier alpha value is -0.620. The first-order valence-electron chi connectivity index (χ1n) is 4.35. The van der Waals surface area contributed by atoms with Gasteiger partial charge >= 0.3 is 5.97 Å². The quantitative estimate of drug-likeness (QED) is 0.676. The molecule has 0 spiro atoms. The Balaban J connectivity index is 3.86. The third-order valence-electron chi connectivity index (χ3n) is 2.04. The monoisotopic (exact) mass is 223 g/mol. The Morgan fingerprint density at radius 3 is 2.36 bits per heavy atom. The molecule has 5 nitrogen and oxygen atoms in total. The van der Waals surface area contributed by atoms with E-state index >= 15 is 0 Å². The molecule has 0 fully saturated rings. The van der Waals surface area contributed by atoms with Gasteiger partial charge in [0.05, 0.1) is 5.75 Å². The number of aliphatic carboxylic acids is 1. The van der Waals surface area contributed by atoms with Crippen LogP contribution in [0.1, 0.15) is 13.3 Å². The van der Waals surface area contributed by atoms with Crippen LogP contribution in [0.4, 0.5) is 0 Å². The summed E-state index contributed by atoms with van der Waals surface area (Å²) < 4.78 is 21.6. The zero-order valence-corrected chi connectivity index (χ0v) is 9.54. The summed E-state index contributed by atoms with van der Waals surface area (Å²) in [5, 5.41) is 8.65. The molecule has 0 radical (unpaired) electrons. The van der Waals surface area contributed by atoms with Gasteiger partial charge in [0.2, 0.25) is 0 Å². The van der Waals surface area contributed by atoms with Gasteiger partial charge in [-0.1, -0.05) is 0 Å². The fourth-order valence-corrected chi connectivity index (χ4v) is 1.61. The summed E-state index contributed by atoms with van der Waals surface area (Å²) in [5.74, 6) is -0.796. The van der Waals surface area contributed by atoms with Gasteiger partial charge in [-0.2, -0.15) is 0 Å². The maximum Gasteiger partial charge on any atom is 0.320 e. The molecule has 0 aliphatic rings. The largest absolute Gasteiger partial charge is 0.480 e. The van der Waals surface area contributed by atoms with Crippen LogP contribution in [0.5, 0.6) is 0 Å². The summed E-state index contributed by atoms with van der Waals surface area (Å²) in [7, 11) is -1.27. The maximum atomic E-state index is 10.8. The van der Waals surface area contributed by atoms with Crippen molar-refractivity contribution < 1.29 is 18.3 Å². The van der Waals surface area contributed by atoms with E-state index in [4.69, 9.17) is 5.11 Å². The Kier molecular flexibility index (Phi) is 5.07. The van der Waals surface area contributed by atoms with Crippen molar-refractivity contribution in [2.75, 3.05) is 25.6 Å². The van der Waals surface area contributed by atoms with Gasteiger partial charge in [0.1, 0.15) is 15.9 Å². The van der Waals surface area contributed by atoms with E-state index in [1.165, 1.54) is 6.26 Å². The Bertz CT molecular complexity index is 286. The SMILES string of the molecule is CC(C(=O)O)N(C)CCCS(C)(=O)=O. The molecule has 0 rings (SSSR count). The van der Waals surface area contributed by atoms with Crippen molar-refractivity contribution in [3.63, 3.8) is 0 Å². The lowest BCUT2D eigenvalue weighted by molar-refractivity contribution is -0.142. The second-order valence-corrected chi connectivity index (χ2v) is 5.74. The zero-order chi connectivity index (χ0) is 11.4. The van der Waals surface area contributed by atoms with Gasteiger partial charge in [-0.15, -0.1) is 0 Å². The first kappa shape index (κ1) is 13.4. The fourth-order valence-electron chi connectivity index (χ4n) is 0.958. The van der Waals surface area contributed by atoms with Crippen molar-refractivity contribution in [3.8, 4) is 0 Å². The van der Waals surface area contributed by atoms with E-state index in [1.807, 2.05) is 0 Å². The number of sulfone groups is 1. The van der Waals surface area contributed by atoms with Crippen LogP contribution >= 0.6 is 0 Å². The molecule has 84 valence electrons. The number of carbonyl (C=O) groups is 1. The number of hydrogen-bond acceptors (Lipinski definition) is 4. The molecule has 0 saturated carbocycles. The van der Waals surface area contributed by atoms with Crippen molar-refractivity contribution >= 4 is 15.8 Å². The summed E-state index contributed by atoms with van der Waals surface area (Å²) in [4.78, 5) is 12.2. The summed E-state index contributed by atoms with van der Waals surface area (Å²) in [5.41, 5.74) is 0. The van der Waals surface area contributed by atoms with Crippen LogP contribution in [0, 0.1) is 0 Å². The third kappa shape index (κ3) is 5.93. The van der Waals surface area contributed by atoms with Gasteiger partial charge in [-0.3, -0.25) is 9.69 Å². The zero-order valence-electron chi connectivity index (χ0n) is 8.73. The highest BCUT2D eigenvalue weighted by molar-refractivity contribution is 7.90. The molecule has 0 aromatic carbocycles. The molecule has 0 saturated heterocycles. The van der Waals surface area contributed by atoms with E-state index in [9.17, 15) is 13.2 Å². The topological polar surface area (TPSA) is 74.7 Å². The molecule has 0 amide bonds. The van der Waals surface area contributed by atoms with Crippen LogP contribution < -0.4 is 0 Å². The molecule has 0 bridgehead atoms. The molecular weight excluding hydrogens is 206 g/mol. The first-order valence-corrected chi connectivity index (χ1v) is 6.41. The van der Waals surface area contributed by atoms with Gasteiger partial charge in [-0.25, -0.2) is 8.42 Å². The third-order valence-corrected chi connectivity index (χ3v) is 3.07. The molecule has 0 aliphatic heterocycles. The Morgan fingerprint density at radius 2 is 2.00 bits per heavy atom. The van der Waals surface area contributed by atoms with Crippen molar-refractivity contribution in [1.29, 1.82) is 0 Å². The van der Waals surface area contributed by atoms with E-state index in [-0.39, 0.29) is 5.75 Å². The number of nitrogens with zero attached hydrogens (tertiary/aromatic N) is 1. The fraction of sp³-hybridized carbons (Fsp3) is 0.875. The number of rotatable bonds is 6. The van der Waals surface area contributed by atoms with Crippen molar-refractivity contribution in [3.05, 3.63) is 0 Å². The highest BCUT2D eigenvalue weighted by Gasteiger charge is 2.16. The summed E-state index contributed by atoms with van der Waals surface area (Å²) in [6, 6.07) is -0.574. The van der Waals surface area contributed by atoms with E-state index in [0.717, 1.165) is 0 Å². The lowest BCUT2D eigenvalue weighted by Gasteiger charge is -2.20. The molecule has 0 heterocycles. The summed E-state index contributed by atoms with van der Waals surface area (Å²) in [6.07, 6.45) is 1.64. The maximum absolute atomic E-state index is 10.8. The second-order valence-electron chi connectivity index (χ2n) is 3.48. The van der Waals surface area contributed by atoms with Crippen LogP contribution in [-0.4, -0.2) is 56.0 Å². The number of hydrogen-bond donors (Lipinski definition) is 1. The molecule has 0 aliphatic carbocycles. The Labute approximate surface area is 84.6 Å². The molecular formula is C8H17NO4S. The van der Waals surface area contributed by atoms with Gasteiger partial charge in [0, 0.05) is 6.26 Å². The number of carboxylic acid groups (broad SMARTS) is 1. The van der Waals surface area contributed by atoms with Crippen LogP contribution in [0.25, 0.3) is 0 Å². The molecule has 6 heteroatoms.